The zero-order chi connectivity index (χ0) is 17.8. The molecular formula is C19H23N3O3S. The first-order valence-electron chi connectivity index (χ1n) is 9.10. The molecule has 7 heteroatoms. The number of benzene rings is 1. The number of amides is 1. The van der Waals surface area contributed by atoms with Crippen molar-refractivity contribution in [3.63, 3.8) is 0 Å². The highest BCUT2D eigenvalue weighted by Gasteiger charge is 2.26. The molecule has 1 saturated heterocycles. The van der Waals surface area contributed by atoms with Gasteiger partial charge in [-0.1, -0.05) is 23.9 Å². The lowest BCUT2D eigenvalue weighted by Gasteiger charge is -2.25. The van der Waals surface area contributed by atoms with E-state index in [1.54, 1.807) is 11.8 Å². The topological polar surface area (TPSA) is 63.2 Å². The fourth-order valence-corrected chi connectivity index (χ4v) is 4.24. The van der Waals surface area contributed by atoms with E-state index in [1.807, 2.05) is 29.7 Å². The Balaban J connectivity index is 1.35. The third-order valence-electron chi connectivity index (χ3n) is 4.62. The molecule has 3 aliphatic rings. The first-order valence-corrected chi connectivity index (χ1v) is 9.98. The van der Waals surface area contributed by atoms with Crippen molar-refractivity contribution in [1.82, 2.24) is 4.90 Å². The Hall–Kier alpha value is -1.99. The summed E-state index contributed by atoms with van der Waals surface area (Å²) in [6.07, 6.45) is 3.63. The van der Waals surface area contributed by atoms with Gasteiger partial charge in [0.05, 0.1) is 18.2 Å². The summed E-state index contributed by atoms with van der Waals surface area (Å²) >= 11 is 1.60. The number of amidine groups is 1. The highest BCUT2D eigenvalue weighted by atomic mass is 32.2. The molecule has 6 nitrogen and oxygen atoms in total. The van der Waals surface area contributed by atoms with Crippen LogP contribution in [-0.2, 0) is 9.53 Å². The van der Waals surface area contributed by atoms with Gasteiger partial charge < -0.3 is 19.7 Å². The maximum atomic E-state index is 12.5. The number of carbonyl (C=O) groups is 1. The molecule has 26 heavy (non-hydrogen) atoms. The summed E-state index contributed by atoms with van der Waals surface area (Å²) in [4.78, 5) is 19.2. The molecule has 4 rings (SSSR count). The molecule has 1 aromatic carbocycles. The van der Waals surface area contributed by atoms with E-state index in [0.29, 0.717) is 24.5 Å². The molecule has 0 aromatic heterocycles. The van der Waals surface area contributed by atoms with Crippen molar-refractivity contribution in [3.05, 3.63) is 35.4 Å². The van der Waals surface area contributed by atoms with Gasteiger partial charge in [-0.15, -0.1) is 0 Å². The van der Waals surface area contributed by atoms with Gasteiger partial charge in [-0.25, -0.2) is 0 Å². The Morgan fingerprint density at radius 3 is 3.19 bits per heavy atom. The normalized spacial score (nSPS) is 21.8. The second-order valence-corrected chi connectivity index (χ2v) is 7.40. The van der Waals surface area contributed by atoms with Crippen molar-refractivity contribution >= 4 is 28.5 Å². The molecule has 0 radical (unpaired) electrons. The number of fused-ring (bicyclic) bond motifs is 1. The number of nitrogens with one attached hydrogen (secondary N) is 1. The molecule has 138 valence electrons. The Labute approximate surface area is 157 Å². The molecule has 0 spiro atoms. The average Bonchev–Trinajstić information content (AvgIpc) is 3.31. The quantitative estimate of drug-likeness (QED) is 0.829. The lowest BCUT2D eigenvalue weighted by atomic mass is 10.2. The number of para-hydroxylation sites is 2. The van der Waals surface area contributed by atoms with Crippen LogP contribution in [0.15, 0.2) is 40.4 Å². The standard InChI is InChI=1S/C19H23N3O3S/c23-18(11-14-13-26-19-20-8-4-9-22(14)19)21-16-6-1-2-7-17(16)25-12-15-5-3-10-24-15/h1-2,6-7,13,15H,3-5,8-12H2,(H,21,23). The summed E-state index contributed by atoms with van der Waals surface area (Å²) < 4.78 is 11.5. The first kappa shape index (κ1) is 17.4. The number of nitrogens with zero attached hydrogens (tertiary/aromatic N) is 2. The first-order chi connectivity index (χ1) is 12.8. The minimum absolute atomic E-state index is 0.0446. The molecule has 1 N–H and O–H groups in total. The Kier molecular flexibility index (Phi) is 5.45. The summed E-state index contributed by atoms with van der Waals surface area (Å²) in [7, 11) is 0. The summed E-state index contributed by atoms with van der Waals surface area (Å²) in [6, 6.07) is 7.56. The number of ether oxygens (including phenoxy) is 2. The maximum absolute atomic E-state index is 12.5. The van der Waals surface area contributed by atoms with Gasteiger partial charge in [-0.05, 0) is 36.8 Å². The van der Waals surface area contributed by atoms with Crippen LogP contribution in [0.2, 0.25) is 0 Å². The van der Waals surface area contributed by atoms with Crippen LogP contribution in [0.3, 0.4) is 0 Å². The molecule has 0 bridgehead atoms. The van der Waals surface area contributed by atoms with Gasteiger partial charge in [0.1, 0.15) is 12.4 Å². The van der Waals surface area contributed by atoms with Crippen molar-refractivity contribution in [2.75, 3.05) is 31.6 Å². The minimum atomic E-state index is -0.0446. The summed E-state index contributed by atoms with van der Waals surface area (Å²) in [5.41, 5.74) is 1.72. The summed E-state index contributed by atoms with van der Waals surface area (Å²) in [6.45, 7) is 3.14. The van der Waals surface area contributed by atoms with E-state index >= 15 is 0 Å². The van der Waals surface area contributed by atoms with Gasteiger partial charge in [0.15, 0.2) is 5.17 Å². The molecular weight excluding hydrogens is 350 g/mol. The van der Waals surface area contributed by atoms with E-state index in [0.717, 1.165) is 49.8 Å². The number of rotatable bonds is 6. The SMILES string of the molecule is O=C(CC1=CSC2=NCCCN12)Nc1ccccc1OCC1CCCO1. The second kappa shape index (κ2) is 8.14. The lowest BCUT2D eigenvalue weighted by Crippen LogP contribution is -2.31. The van der Waals surface area contributed by atoms with Gasteiger partial charge in [0.25, 0.3) is 0 Å². The smallest absolute Gasteiger partial charge is 0.230 e. The van der Waals surface area contributed by atoms with E-state index in [1.165, 1.54) is 0 Å². The predicted octanol–water partition coefficient (Wildman–Crippen LogP) is 3.22. The fourth-order valence-electron chi connectivity index (χ4n) is 3.29. The molecule has 0 saturated carbocycles. The number of anilines is 1. The number of thioether (sulfide) groups is 1. The van der Waals surface area contributed by atoms with Crippen LogP contribution in [0.4, 0.5) is 5.69 Å². The van der Waals surface area contributed by atoms with Crippen LogP contribution < -0.4 is 10.1 Å². The fraction of sp³-hybridized carbons (Fsp3) is 0.474. The molecule has 0 aliphatic carbocycles. The van der Waals surface area contributed by atoms with E-state index in [-0.39, 0.29) is 12.0 Å². The number of hydrogen-bond acceptors (Lipinski definition) is 6. The lowest BCUT2D eigenvalue weighted by molar-refractivity contribution is -0.115. The van der Waals surface area contributed by atoms with Crippen LogP contribution in [0.1, 0.15) is 25.7 Å². The van der Waals surface area contributed by atoms with Crippen LogP contribution in [0.5, 0.6) is 5.75 Å². The highest BCUT2D eigenvalue weighted by molar-refractivity contribution is 8.16. The molecule has 1 amide bonds. The van der Waals surface area contributed by atoms with Crippen molar-refractivity contribution in [3.8, 4) is 5.75 Å². The number of carbonyl (C=O) groups excluding carboxylic acids is 1. The molecule has 3 aliphatic heterocycles. The van der Waals surface area contributed by atoms with Crippen LogP contribution in [0, 0.1) is 0 Å². The van der Waals surface area contributed by atoms with E-state index < -0.39 is 0 Å². The Morgan fingerprint density at radius 2 is 2.31 bits per heavy atom. The number of aliphatic imine (C=N–C) groups is 1. The zero-order valence-electron chi connectivity index (χ0n) is 14.6. The minimum Gasteiger partial charge on any atom is -0.489 e. The molecule has 3 heterocycles. The van der Waals surface area contributed by atoms with Gasteiger partial charge >= 0.3 is 0 Å². The van der Waals surface area contributed by atoms with Crippen LogP contribution in [-0.4, -0.2) is 48.4 Å². The third kappa shape index (κ3) is 4.04. The van der Waals surface area contributed by atoms with Gasteiger partial charge in [-0.2, -0.15) is 0 Å². The van der Waals surface area contributed by atoms with Gasteiger partial charge in [-0.3, -0.25) is 9.79 Å². The molecule has 1 atom stereocenters. The molecule has 1 aromatic rings. The maximum Gasteiger partial charge on any atom is 0.230 e. The number of hydrogen-bond donors (Lipinski definition) is 1. The van der Waals surface area contributed by atoms with Gasteiger partial charge in [0, 0.05) is 25.4 Å². The Morgan fingerprint density at radius 1 is 1.38 bits per heavy atom. The molecule has 1 fully saturated rings. The Bertz CT molecular complexity index is 728. The van der Waals surface area contributed by atoms with E-state index in [2.05, 4.69) is 15.2 Å². The monoisotopic (exact) mass is 373 g/mol. The second-order valence-electron chi connectivity index (χ2n) is 6.56. The summed E-state index contributed by atoms with van der Waals surface area (Å²) in [5.74, 6) is 0.642. The van der Waals surface area contributed by atoms with Crippen molar-refractivity contribution < 1.29 is 14.3 Å². The average molecular weight is 373 g/mol. The third-order valence-corrected chi connectivity index (χ3v) is 5.57. The summed E-state index contributed by atoms with van der Waals surface area (Å²) in [5, 5.41) is 6.03. The van der Waals surface area contributed by atoms with E-state index in [4.69, 9.17) is 9.47 Å². The largest absolute Gasteiger partial charge is 0.489 e. The van der Waals surface area contributed by atoms with Crippen molar-refractivity contribution in [2.24, 2.45) is 4.99 Å². The van der Waals surface area contributed by atoms with Crippen molar-refractivity contribution in [2.45, 2.75) is 31.8 Å². The van der Waals surface area contributed by atoms with Crippen molar-refractivity contribution in [1.29, 1.82) is 0 Å². The molecule has 1 unspecified atom stereocenters. The van der Waals surface area contributed by atoms with Gasteiger partial charge in [0.2, 0.25) is 5.91 Å². The van der Waals surface area contributed by atoms with Crippen LogP contribution in [0.25, 0.3) is 0 Å². The zero-order valence-corrected chi connectivity index (χ0v) is 15.5. The van der Waals surface area contributed by atoms with E-state index in [9.17, 15) is 4.79 Å². The highest BCUT2D eigenvalue weighted by Crippen LogP contribution is 2.31. The predicted molar refractivity (Wildman–Crippen MR) is 103 cm³/mol. The van der Waals surface area contributed by atoms with Crippen LogP contribution >= 0.6 is 11.8 Å².